The van der Waals surface area contributed by atoms with Crippen LogP contribution in [-0.2, 0) is 23.1 Å². The molecule has 2 aliphatic rings. The number of nitriles is 1. The lowest BCUT2D eigenvalue weighted by Crippen LogP contribution is -2.45. The van der Waals surface area contributed by atoms with Crippen LogP contribution in [0.15, 0.2) is 35.9 Å². The summed E-state index contributed by atoms with van der Waals surface area (Å²) >= 11 is 0. The molecule has 0 bridgehead atoms. The van der Waals surface area contributed by atoms with E-state index in [2.05, 4.69) is 41.8 Å². The number of aliphatic hydroxyl groups excluding tert-OH is 1. The van der Waals surface area contributed by atoms with Crippen LogP contribution < -0.4 is 0 Å². The highest BCUT2D eigenvalue weighted by Crippen LogP contribution is 2.49. The number of imidazole rings is 1. The SMILES string of the molecule is Cc1nc2c(n1-c1cccc(CCCO)c1)CC[C@H]1[C@H](C)C(=O)C(C#N)=C[C@]21C. The van der Waals surface area contributed by atoms with Crippen molar-refractivity contribution in [3.63, 3.8) is 0 Å². The summed E-state index contributed by atoms with van der Waals surface area (Å²) in [6.45, 7) is 6.29. The highest BCUT2D eigenvalue weighted by atomic mass is 16.2. The van der Waals surface area contributed by atoms with Gasteiger partial charge in [0.1, 0.15) is 11.9 Å². The van der Waals surface area contributed by atoms with E-state index in [1.165, 1.54) is 11.3 Å². The van der Waals surface area contributed by atoms with Crippen LogP contribution in [0.5, 0.6) is 0 Å². The molecule has 0 radical (unpaired) electrons. The molecule has 2 aromatic rings. The number of aryl methyl sites for hydroxylation is 2. The van der Waals surface area contributed by atoms with Crippen molar-refractivity contribution in [1.29, 1.82) is 5.26 Å². The summed E-state index contributed by atoms with van der Waals surface area (Å²) in [7, 11) is 0. The predicted octanol–water partition coefficient (Wildman–Crippen LogP) is 3.59. The van der Waals surface area contributed by atoms with Crippen molar-refractivity contribution < 1.29 is 9.90 Å². The normalized spacial score (nSPS) is 25.8. The Labute approximate surface area is 171 Å². The number of rotatable bonds is 4. The first-order valence-corrected chi connectivity index (χ1v) is 10.4. The Bertz CT molecular complexity index is 1040. The van der Waals surface area contributed by atoms with E-state index in [1.807, 2.05) is 19.9 Å². The van der Waals surface area contributed by atoms with E-state index in [4.69, 9.17) is 10.1 Å². The summed E-state index contributed by atoms with van der Waals surface area (Å²) in [5, 5.41) is 18.6. The Balaban J connectivity index is 1.84. The van der Waals surface area contributed by atoms with Gasteiger partial charge < -0.3 is 9.67 Å². The number of ketones is 1. The number of Topliss-reactive ketones (excluding diaryl/α,β-unsaturated/α-hetero) is 1. The van der Waals surface area contributed by atoms with Crippen LogP contribution in [0.3, 0.4) is 0 Å². The number of fused-ring (bicyclic) bond motifs is 3. The number of aliphatic hydroxyl groups is 1. The molecule has 0 saturated carbocycles. The van der Waals surface area contributed by atoms with E-state index in [0.29, 0.717) is 0 Å². The van der Waals surface area contributed by atoms with Gasteiger partial charge in [0.05, 0.1) is 11.3 Å². The first-order valence-electron chi connectivity index (χ1n) is 10.4. The number of benzene rings is 1. The summed E-state index contributed by atoms with van der Waals surface area (Å²) in [5.41, 5.74) is 4.31. The third-order valence-corrected chi connectivity index (χ3v) is 6.75. The predicted molar refractivity (Wildman–Crippen MR) is 111 cm³/mol. The zero-order valence-electron chi connectivity index (χ0n) is 17.3. The molecule has 0 amide bonds. The standard InChI is InChI=1S/C24H27N3O2/c1-15-20-9-10-21-23(24(20,3)13-18(14-25)22(15)29)26-16(2)27(21)19-8-4-6-17(12-19)7-5-11-28/h4,6,8,12-13,15,20,28H,5,7,9-11H2,1-3H3/t15-,20-,24-/m0/s1. The fourth-order valence-corrected chi connectivity index (χ4v) is 5.31. The van der Waals surface area contributed by atoms with Crippen molar-refractivity contribution in [2.24, 2.45) is 11.8 Å². The molecular weight excluding hydrogens is 362 g/mol. The van der Waals surface area contributed by atoms with Gasteiger partial charge in [-0.15, -0.1) is 0 Å². The highest BCUT2D eigenvalue weighted by Gasteiger charge is 2.50. The van der Waals surface area contributed by atoms with Gasteiger partial charge in [-0.05, 0) is 56.2 Å². The van der Waals surface area contributed by atoms with Crippen LogP contribution in [-0.4, -0.2) is 27.0 Å². The molecule has 0 spiro atoms. The van der Waals surface area contributed by atoms with Gasteiger partial charge >= 0.3 is 0 Å². The maximum atomic E-state index is 12.5. The molecule has 0 fully saturated rings. The molecule has 1 heterocycles. The molecule has 3 atom stereocenters. The molecule has 5 nitrogen and oxygen atoms in total. The van der Waals surface area contributed by atoms with Gasteiger partial charge in [0.2, 0.25) is 0 Å². The van der Waals surface area contributed by atoms with E-state index in [9.17, 15) is 10.1 Å². The number of allylic oxidation sites excluding steroid dienone is 2. The topological polar surface area (TPSA) is 78.9 Å². The second kappa shape index (κ2) is 7.27. The third-order valence-electron chi connectivity index (χ3n) is 6.75. The summed E-state index contributed by atoms with van der Waals surface area (Å²) in [5.74, 6) is 0.886. The maximum Gasteiger partial charge on any atom is 0.176 e. The van der Waals surface area contributed by atoms with Gasteiger partial charge in [0.15, 0.2) is 5.78 Å². The monoisotopic (exact) mass is 389 g/mol. The Hall–Kier alpha value is -2.71. The molecule has 1 N–H and O–H groups in total. The number of hydrogen-bond donors (Lipinski definition) is 1. The van der Waals surface area contributed by atoms with Crippen LogP contribution in [0.25, 0.3) is 5.69 Å². The average Bonchev–Trinajstić information content (AvgIpc) is 3.06. The van der Waals surface area contributed by atoms with Crippen molar-refractivity contribution >= 4 is 5.78 Å². The highest BCUT2D eigenvalue weighted by molar-refractivity contribution is 6.02. The Morgan fingerprint density at radius 3 is 2.93 bits per heavy atom. The molecule has 1 aromatic heterocycles. The Kier molecular flexibility index (Phi) is 4.92. The molecule has 0 unspecified atom stereocenters. The molecule has 29 heavy (non-hydrogen) atoms. The first kappa shape index (κ1) is 19.6. The zero-order chi connectivity index (χ0) is 20.8. The number of carbonyl (C=O) groups excluding carboxylic acids is 1. The lowest BCUT2D eigenvalue weighted by Gasteiger charge is -2.44. The summed E-state index contributed by atoms with van der Waals surface area (Å²) in [4.78, 5) is 17.5. The Morgan fingerprint density at radius 2 is 2.21 bits per heavy atom. The van der Waals surface area contributed by atoms with Crippen molar-refractivity contribution in [3.8, 4) is 11.8 Å². The second-order valence-electron chi connectivity index (χ2n) is 8.54. The largest absolute Gasteiger partial charge is 0.396 e. The van der Waals surface area contributed by atoms with Gasteiger partial charge in [0, 0.05) is 29.3 Å². The van der Waals surface area contributed by atoms with Crippen molar-refractivity contribution in [1.82, 2.24) is 9.55 Å². The smallest absolute Gasteiger partial charge is 0.176 e. The molecule has 4 rings (SSSR count). The van der Waals surface area contributed by atoms with Crippen molar-refractivity contribution in [3.05, 3.63) is 58.7 Å². The quantitative estimate of drug-likeness (QED) is 0.867. The molecule has 0 aliphatic heterocycles. The molecule has 1 aromatic carbocycles. The third kappa shape index (κ3) is 3.03. The van der Waals surface area contributed by atoms with Crippen LogP contribution in [0.4, 0.5) is 0 Å². The first-order chi connectivity index (χ1) is 13.9. The average molecular weight is 389 g/mol. The van der Waals surface area contributed by atoms with Gasteiger partial charge in [-0.25, -0.2) is 4.98 Å². The van der Waals surface area contributed by atoms with E-state index in [0.717, 1.165) is 42.9 Å². The molecular formula is C24H27N3O2. The van der Waals surface area contributed by atoms with Crippen molar-refractivity contribution in [2.75, 3.05) is 6.61 Å². The van der Waals surface area contributed by atoms with Crippen LogP contribution in [0, 0.1) is 30.1 Å². The van der Waals surface area contributed by atoms with E-state index in [1.54, 1.807) is 0 Å². The van der Waals surface area contributed by atoms with Gasteiger partial charge in [0.25, 0.3) is 0 Å². The lowest BCUT2D eigenvalue weighted by molar-refractivity contribution is -0.121. The molecule has 150 valence electrons. The van der Waals surface area contributed by atoms with Crippen LogP contribution in [0.1, 0.15) is 49.5 Å². The van der Waals surface area contributed by atoms with E-state index < -0.39 is 5.41 Å². The minimum absolute atomic E-state index is 0.0360. The fraction of sp³-hybridized carbons (Fsp3) is 0.458. The van der Waals surface area contributed by atoms with Crippen LogP contribution >= 0.6 is 0 Å². The molecule has 2 aliphatic carbocycles. The van der Waals surface area contributed by atoms with E-state index >= 15 is 0 Å². The second-order valence-corrected chi connectivity index (χ2v) is 8.54. The Morgan fingerprint density at radius 1 is 1.41 bits per heavy atom. The summed E-state index contributed by atoms with van der Waals surface area (Å²) in [6.07, 6.45) is 5.23. The van der Waals surface area contributed by atoms with Gasteiger partial charge in [-0.2, -0.15) is 5.26 Å². The minimum atomic E-state index is -0.406. The fourth-order valence-electron chi connectivity index (χ4n) is 5.31. The zero-order valence-corrected chi connectivity index (χ0v) is 17.3. The van der Waals surface area contributed by atoms with Crippen LogP contribution in [0.2, 0.25) is 0 Å². The number of hydrogen-bond acceptors (Lipinski definition) is 4. The molecule has 0 saturated heterocycles. The molecule has 5 heteroatoms. The van der Waals surface area contributed by atoms with Gasteiger partial charge in [-0.3, -0.25) is 4.79 Å². The van der Waals surface area contributed by atoms with E-state index in [-0.39, 0.29) is 29.8 Å². The minimum Gasteiger partial charge on any atom is -0.396 e. The number of aromatic nitrogens is 2. The maximum absolute atomic E-state index is 12.5. The van der Waals surface area contributed by atoms with Crippen molar-refractivity contribution in [2.45, 2.75) is 51.9 Å². The number of nitrogens with zero attached hydrogens (tertiary/aromatic N) is 3. The summed E-state index contributed by atoms with van der Waals surface area (Å²) < 4.78 is 2.22. The lowest BCUT2D eigenvalue weighted by atomic mass is 9.58. The number of carbonyl (C=O) groups is 1. The summed E-state index contributed by atoms with van der Waals surface area (Å²) in [6, 6.07) is 10.5. The van der Waals surface area contributed by atoms with Gasteiger partial charge in [-0.1, -0.05) is 32.1 Å².